The monoisotopic (exact) mass is 409 g/mol. The molecule has 0 heterocycles. The minimum atomic E-state index is -0.299. The van der Waals surface area contributed by atoms with Gasteiger partial charge in [-0.1, -0.05) is 30.1 Å². The number of anilines is 3. The minimum absolute atomic E-state index is 0.0260. The van der Waals surface area contributed by atoms with E-state index < -0.39 is 0 Å². The van der Waals surface area contributed by atoms with Crippen molar-refractivity contribution in [2.45, 2.75) is 19.8 Å². The maximum absolute atomic E-state index is 12.2. The second-order valence-electron chi connectivity index (χ2n) is 5.74. The van der Waals surface area contributed by atoms with Crippen molar-refractivity contribution in [2.24, 2.45) is 0 Å². The number of ether oxygens (including phenoxy) is 1. The second-order valence-corrected chi connectivity index (χ2v) is 6.58. The highest BCUT2D eigenvalue weighted by Crippen LogP contribution is 2.28. The van der Waals surface area contributed by atoms with Crippen LogP contribution in [0.1, 0.15) is 19.8 Å². The third-order valence-corrected chi connectivity index (χ3v) is 4.17. The molecule has 0 aliphatic rings. The van der Waals surface area contributed by atoms with Crippen LogP contribution in [0.25, 0.3) is 0 Å². The number of carbonyl (C=O) groups is 2. The Balaban J connectivity index is 2.00. The lowest BCUT2D eigenvalue weighted by molar-refractivity contribution is -0.116. The molecule has 2 aromatic carbocycles. The van der Waals surface area contributed by atoms with Gasteiger partial charge in [0.15, 0.2) is 0 Å². The summed E-state index contributed by atoms with van der Waals surface area (Å²) >= 11 is 12.1. The highest BCUT2D eigenvalue weighted by molar-refractivity contribution is 6.33. The van der Waals surface area contributed by atoms with Gasteiger partial charge in [0.2, 0.25) is 11.8 Å². The molecule has 6 nitrogen and oxygen atoms in total. The number of benzene rings is 2. The smallest absolute Gasteiger partial charge is 0.243 e. The Hall–Kier alpha value is -2.44. The summed E-state index contributed by atoms with van der Waals surface area (Å²) in [4.78, 5) is 24.0. The number of rotatable bonds is 8. The average Bonchev–Trinajstić information content (AvgIpc) is 2.62. The van der Waals surface area contributed by atoms with Crippen molar-refractivity contribution in [1.29, 1.82) is 0 Å². The van der Waals surface area contributed by atoms with Crippen LogP contribution < -0.4 is 20.7 Å². The van der Waals surface area contributed by atoms with Gasteiger partial charge in [0.05, 0.1) is 30.1 Å². The third kappa shape index (κ3) is 6.34. The fraction of sp³-hybridized carbons (Fsp3) is 0.263. The maximum Gasteiger partial charge on any atom is 0.243 e. The van der Waals surface area contributed by atoms with Gasteiger partial charge in [-0.3, -0.25) is 9.59 Å². The standard InChI is InChI=1S/C19H21Cl2N3O3/c1-3-4-18(25)23-13-6-7-14(21)15(10-13)22-11-19(26)24-16-9-12(20)5-8-17(16)27-2/h5-10,22H,3-4,11H2,1-2H3,(H,23,25)(H,24,26). The normalized spacial score (nSPS) is 10.2. The molecule has 8 heteroatoms. The van der Waals surface area contributed by atoms with Gasteiger partial charge in [0.25, 0.3) is 0 Å². The summed E-state index contributed by atoms with van der Waals surface area (Å²) in [5.74, 6) is 0.134. The molecular formula is C19H21Cl2N3O3. The zero-order valence-corrected chi connectivity index (χ0v) is 16.6. The quantitative estimate of drug-likeness (QED) is 0.585. The number of methoxy groups -OCH3 is 1. The lowest BCUT2D eigenvalue weighted by Gasteiger charge is -2.13. The van der Waals surface area contributed by atoms with Crippen LogP contribution in [0.2, 0.25) is 10.0 Å². The molecule has 0 radical (unpaired) electrons. The first-order valence-corrected chi connectivity index (χ1v) is 9.15. The van der Waals surface area contributed by atoms with Crippen LogP contribution in [-0.4, -0.2) is 25.5 Å². The topological polar surface area (TPSA) is 79.5 Å². The third-order valence-electron chi connectivity index (χ3n) is 3.60. The highest BCUT2D eigenvalue weighted by Gasteiger charge is 2.10. The number of hydrogen-bond acceptors (Lipinski definition) is 4. The Bertz CT molecular complexity index is 828. The predicted octanol–water partition coefficient (Wildman–Crippen LogP) is 4.79. The lowest BCUT2D eigenvalue weighted by atomic mass is 10.2. The van der Waals surface area contributed by atoms with Crippen molar-refractivity contribution in [2.75, 3.05) is 29.6 Å². The fourth-order valence-electron chi connectivity index (χ4n) is 2.34. The van der Waals surface area contributed by atoms with Crippen molar-refractivity contribution in [1.82, 2.24) is 0 Å². The molecule has 27 heavy (non-hydrogen) atoms. The Kier molecular flexibility index (Phi) is 7.76. The Morgan fingerprint density at radius 3 is 2.48 bits per heavy atom. The van der Waals surface area contributed by atoms with Gasteiger partial charge in [0.1, 0.15) is 5.75 Å². The van der Waals surface area contributed by atoms with Gasteiger partial charge in [-0.15, -0.1) is 0 Å². The summed E-state index contributed by atoms with van der Waals surface area (Å²) in [6, 6.07) is 10.00. The van der Waals surface area contributed by atoms with Gasteiger partial charge >= 0.3 is 0 Å². The molecule has 2 amide bonds. The molecule has 2 rings (SSSR count). The largest absolute Gasteiger partial charge is 0.495 e. The van der Waals surface area contributed by atoms with E-state index in [2.05, 4.69) is 16.0 Å². The zero-order valence-electron chi connectivity index (χ0n) is 15.1. The van der Waals surface area contributed by atoms with Crippen LogP contribution in [0.15, 0.2) is 36.4 Å². The zero-order chi connectivity index (χ0) is 19.8. The van der Waals surface area contributed by atoms with E-state index in [0.29, 0.717) is 39.3 Å². The molecule has 0 unspecified atom stereocenters. The van der Waals surface area contributed by atoms with E-state index in [0.717, 1.165) is 6.42 Å². The molecule has 0 atom stereocenters. The fourth-order valence-corrected chi connectivity index (χ4v) is 2.69. The molecular weight excluding hydrogens is 389 g/mol. The summed E-state index contributed by atoms with van der Waals surface area (Å²) in [6.07, 6.45) is 1.20. The number of hydrogen-bond donors (Lipinski definition) is 3. The van der Waals surface area contributed by atoms with Crippen molar-refractivity contribution in [3.05, 3.63) is 46.4 Å². The Morgan fingerprint density at radius 2 is 1.78 bits per heavy atom. The molecule has 0 aliphatic carbocycles. The molecule has 2 aromatic rings. The van der Waals surface area contributed by atoms with E-state index in [9.17, 15) is 9.59 Å². The van der Waals surface area contributed by atoms with E-state index in [-0.39, 0.29) is 18.4 Å². The number of amides is 2. The average molecular weight is 410 g/mol. The summed E-state index contributed by atoms with van der Waals surface area (Å²) in [5, 5.41) is 9.41. The first-order chi connectivity index (χ1) is 12.9. The Labute approximate surface area is 168 Å². The molecule has 0 bridgehead atoms. The summed E-state index contributed by atoms with van der Waals surface area (Å²) in [7, 11) is 1.51. The second kappa shape index (κ2) is 10.0. The number of carbonyl (C=O) groups excluding carboxylic acids is 2. The first-order valence-electron chi connectivity index (χ1n) is 8.39. The van der Waals surface area contributed by atoms with Crippen LogP contribution >= 0.6 is 23.2 Å². The van der Waals surface area contributed by atoms with Gasteiger partial charge in [-0.2, -0.15) is 0 Å². The summed E-state index contributed by atoms with van der Waals surface area (Å²) < 4.78 is 5.20. The van der Waals surface area contributed by atoms with Crippen molar-refractivity contribution in [3.8, 4) is 5.75 Å². The van der Waals surface area contributed by atoms with Crippen LogP contribution in [0.4, 0.5) is 17.1 Å². The summed E-state index contributed by atoms with van der Waals surface area (Å²) in [6.45, 7) is 1.91. The highest BCUT2D eigenvalue weighted by atomic mass is 35.5. The van der Waals surface area contributed by atoms with Crippen LogP contribution in [0.3, 0.4) is 0 Å². The summed E-state index contributed by atoms with van der Waals surface area (Å²) in [5.41, 5.74) is 1.62. The molecule has 0 aromatic heterocycles. The molecule has 0 saturated carbocycles. The maximum atomic E-state index is 12.2. The molecule has 0 aliphatic heterocycles. The van der Waals surface area contributed by atoms with Gasteiger partial charge in [0, 0.05) is 17.1 Å². The van der Waals surface area contributed by atoms with Crippen molar-refractivity contribution >= 4 is 52.1 Å². The van der Waals surface area contributed by atoms with E-state index in [4.69, 9.17) is 27.9 Å². The number of halogens is 2. The predicted molar refractivity (Wildman–Crippen MR) is 110 cm³/mol. The van der Waals surface area contributed by atoms with Crippen LogP contribution in [0, 0.1) is 0 Å². The van der Waals surface area contributed by atoms with E-state index >= 15 is 0 Å². The first kappa shape index (κ1) is 20.9. The number of nitrogens with one attached hydrogen (secondary N) is 3. The van der Waals surface area contributed by atoms with Gasteiger partial charge in [-0.05, 0) is 42.8 Å². The van der Waals surface area contributed by atoms with Crippen molar-refractivity contribution in [3.63, 3.8) is 0 Å². The molecule has 0 fully saturated rings. The lowest BCUT2D eigenvalue weighted by Crippen LogP contribution is -2.22. The van der Waals surface area contributed by atoms with Crippen molar-refractivity contribution < 1.29 is 14.3 Å². The van der Waals surface area contributed by atoms with E-state index in [1.807, 2.05) is 6.92 Å². The minimum Gasteiger partial charge on any atom is -0.495 e. The van der Waals surface area contributed by atoms with E-state index in [1.54, 1.807) is 36.4 Å². The van der Waals surface area contributed by atoms with Crippen LogP contribution in [-0.2, 0) is 9.59 Å². The molecule has 144 valence electrons. The Morgan fingerprint density at radius 1 is 1.00 bits per heavy atom. The SMILES string of the molecule is CCCC(=O)Nc1ccc(Cl)c(NCC(=O)Nc2cc(Cl)ccc2OC)c1. The molecule has 0 spiro atoms. The van der Waals surface area contributed by atoms with E-state index in [1.165, 1.54) is 7.11 Å². The molecule has 0 saturated heterocycles. The van der Waals surface area contributed by atoms with Gasteiger partial charge < -0.3 is 20.7 Å². The van der Waals surface area contributed by atoms with Gasteiger partial charge in [-0.25, -0.2) is 0 Å². The molecule has 3 N–H and O–H groups in total. The van der Waals surface area contributed by atoms with Crippen LogP contribution in [0.5, 0.6) is 5.75 Å².